The molecular formula is C12H18N2S. The van der Waals surface area contributed by atoms with Crippen LogP contribution in [0.1, 0.15) is 19.4 Å². The van der Waals surface area contributed by atoms with E-state index in [0.717, 1.165) is 11.6 Å². The van der Waals surface area contributed by atoms with Gasteiger partial charge in [0.15, 0.2) is 0 Å². The lowest BCUT2D eigenvalue weighted by molar-refractivity contribution is 0.833. The highest BCUT2D eigenvalue weighted by atomic mass is 32.2. The monoisotopic (exact) mass is 222 g/mol. The van der Waals surface area contributed by atoms with Crippen LogP contribution in [0.25, 0.3) is 0 Å². The van der Waals surface area contributed by atoms with Gasteiger partial charge in [-0.05, 0) is 32.4 Å². The van der Waals surface area contributed by atoms with Crippen LogP contribution in [0.15, 0.2) is 34.2 Å². The lowest BCUT2D eigenvalue weighted by Gasteiger charge is -2.05. The Labute approximate surface area is 96.0 Å². The maximum absolute atomic E-state index is 5.80. The summed E-state index contributed by atoms with van der Waals surface area (Å²) in [6.07, 6.45) is 0. The van der Waals surface area contributed by atoms with E-state index < -0.39 is 0 Å². The van der Waals surface area contributed by atoms with Crippen molar-refractivity contribution in [2.45, 2.75) is 31.7 Å². The largest absolute Gasteiger partial charge is 0.387 e. The highest BCUT2D eigenvalue weighted by Crippen LogP contribution is 2.21. The Hall–Kier alpha value is -0.960. The molecule has 0 saturated heterocycles. The lowest BCUT2D eigenvalue weighted by Crippen LogP contribution is -2.16. The van der Waals surface area contributed by atoms with Gasteiger partial charge in [-0.3, -0.25) is 4.99 Å². The summed E-state index contributed by atoms with van der Waals surface area (Å²) in [4.78, 5) is 5.57. The predicted molar refractivity (Wildman–Crippen MR) is 68.7 cm³/mol. The van der Waals surface area contributed by atoms with Gasteiger partial charge in [-0.2, -0.15) is 0 Å². The van der Waals surface area contributed by atoms with Crippen LogP contribution in [-0.2, 0) is 0 Å². The van der Waals surface area contributed by atoms with Gasteiger partial charge in [0.2, 0.25) is 0 Å². The minimum absolute atomic E-state index is 0.280. The number of nitrogens with two attached hydrogens (primary N) is 1. The fourth-order valence-electron chi connectivity index (χ4n) is 1.24. The molecule has 1 aromatic carbocycles. The molecule has 2 N–H and O–H groups in total. The van der Waals surface area contributed by atoms with Crippen LogP contribution >= 0.6 is 11.8 Å². The summed E-state index contributed by atoms with van der Waals surface area (Å²) in [5.74, 6) is 1.49. The van der Waals surface area contributed by atoms with Gasteiger partial charge in [0.05, 0.1) is 5.75 Å². The second-order valence-electron chi connectivity index (χ2n) is 3.77. The summed E-state index contributed by atoms with van der Waals surface area (Å²) in [6.45, 7) is 6.18. The number of rotatable bonds is 4. The highest BCUT2D eigenvalue weighted by Gasteiger charge is 2.00. The molecule has 3 heteroatoms. The SMILES string of the molecule is Cc1ccccc1SCC(N)=NC(C)C. The molecule has 82 valence electrons. The molecule has 0 unspecified atom stereocenters. The maximum atomic E-state index is 5.80. The molecule has 0 aromatic heterocycles. The molecule has 0 fully saturated rings. The Kier molecular flexibility index (Phi) is 4.69. The van der Waals surface area contributed by atoms with E-state index in [-0.39, 0.29) is 6.04 Å². The first-order chi connectivity index (χ1) is 7.09. The van der Waals surface area contributed by atoms with Gasteiger partial charge >= 0.3 is 0 Å². The molecular weight excluding hydrogens is 204 g/mol. The van der Waals surface area contributed by atoms with E-state index in [1.54, 1.807) is 11.8 Å². The highest BCUT2D eigenvalue weighted by molar-refractivity contribution is 8.00. The van der Waals surface area contributed by atoms with Crippen molar-refractivity contribution in [3.8, 4) is 0 Å². The summed E-state index contributed by atoms with van der Waals surface area (Å²) in [5.41, 5.74) is 7.09. The molecule has 0 atom stereocenters. The summed E-state index contributed by atoms with van der Waals surface area (Å²) < 4.78 is 0. The molecule has 0 aliphatic heterocycles. The first kappa shape index (κ1) is 12.1. The van der Waals surface area contributed by atoms with Crippen LogP contribution in [0, 0.1) is 6.92 Å². The summed E-state index contributed by atoms with van der Waals surface area (Å²) >= 11 is 1.74. The van der Waals surface area contributed by atoms with E-state index in [1.165, 1.54) is 10.5 Å². The number of aryl methyl sites for hydroxylation is 1. The van der Waals surface area contributed by atoms with Gasteiger partial charge < -0.3 is 5.73 Å². The molecule has 1 aromatic rings. The third kappa shape index (κ3) is 4.38. The second kappa shape index (κ2) is 5.81. The Bertz CT molecular complexity index is 345. The zero-order valence-electron chi connectivity index (χ0n) is 9.53. The van der Waals surface area contributed by atoms with Gasteiger partial charge in [-0.1, -0.05) is 18.2 Å². The van der Waals surface area contributed by atoms with Gasteiger partial charge in [0.1, 0.15) is 5.84 Å². The van der Waals surface area contributed by atoms with Crippen LogP contribution < -0.4 is 5.73 Å². The minimum atomic E-state index is 0.280. The van der Waals surface area contributed by atoms with Gasteiger partial charge in [0.25, 0.3) is 0 Å². The minimum Gasteiger partial charge on any atom is -0.387 e. The van der Waals surface area contributed by atoms with Crippen LogP contribution in [-0.4, -0.2) is 17.6 Å². The first-order valence-corrected chi connectivity index (χ1v) is 6.08. The third-order valence-corrected chi connectivity index (χ3v) is 3.10. The first-order valence-electron chi connectivity index (χ1n) is 5.10. The quantitative estimate of drug-likeness (QED) is 0.483. The van der Waals surface area contributed by atoms with Crippen molar-refractivity contribution in [3.05, 3.63) is 29.8 Å². The predicted octanol–water partition coefficient (Wildman–Crippen LogP) is 2.85. The summed E-state index contributed by atoms with van der Waals surface area (Å²) in [5, 5.41) is 0. The fourth-order valence-corrected chi connectivity index (χ4v) is 2.09. The molecule has 0 spiro atoms. The number of aliphatic imine (C=N–C) groups is 1. The van der Waals surface area contributed by atoms with Crippen LogP contribution in [0.5, 0.6) is 0 Å². The van der Waals surface area contributed by atoms with Crippen molar-refractivity contribution in [1.29, 1.82) is 0 Å². The number of benzene rings is 1. The standard InChI is InChI=1S/C12H18N2S/c1-9(2)14-12(13)8-15-11-7-5-4-6-10(11)3/h4-7,9H,8H2,1-3H3,(H2,13,14). The molecule has 1 rings (SSSR count). The van der Waals surface area contributed by atoms with Gasteiger partial charge in [-0.25, -0.2) is 0 Å². The zero-order valence-corrected chi connectivity index (χ0v) is 10.3. The van der Waals surface area contributed by atoms with Crippen molar-refractivity contribution in [2.24, 2.45) is 10.7 Å². The van der Waals surface area contributed by atoms with Crippen molar-refractivity contribution in [3.63, 3.8) is 0 Å². The fraction of sp³-hybridized carbons (Fsp3) is 0.417. The molecule has 0 radical (unpaired) electrons. The van der Waals surface area contributed by atoms with E-state index in [9.17, 15) is 0 Å². The number of hydrogen-bond donors (Lipinski definition) is 1. The van der Waals surface area contributed by atoms with E-state index >= 15 is 0 Å². The molecule has 0 bridgehead atoms. The number of thioether (sulfide) groups is 1. The van der Waals surface area contributed by atoms with Crippen LogP contribution in [0.2, 0.25) is 0 Å². The van der Waals surface area contributed by atoms with E-state index in [4.69, 9.17) is 5.73 Å². The van der Waals surface area contributed by atoms with E-state index in [0.29, 0.717) is 0 Å². The lowest BCUT2D eigenvalue weighted by atomic mass is 10.2. The normalized spacial score (nSPS) is 12.1. The van der Waals surface area contributed by atoms with E-state index in [1.807, 2.05) is 26.0 Å². The second-order valence-corrected chi connectivity index (χ2v) is 4.79. The van der Waals surface area contributed by atoms with Crippen molar-refractivity contribution >= 4 is 17.6 Å². The Morgan fingerprint density at radius 1 is 1.40 bits per heavy atom. The molecule has 0 saturated carbocycles. The van der Waals surface area contributed by atoms with Gasteiger partial charge in [0, 0.05) is 10.9 Å². The molecule has 2 nitrogen and oxygen atoms in total. The Balaban J connectivity index is 2.54. The maximum Gasteiger partial charge on any atom is 0.104 e. The van der Waals surface area contributed by atoms with Crippen molar-refractivity contribution < 1.29 is 0 Å². The average molecular weight is 222 g/mol. The number of amidine groups is 1. The van der Waals surface area contributed by atoms with Crippen molar-refractivity contribution in [2.75, 3.05) is 5.75 Å². The molecule has 0 heterocycles. The van der Waals surface area contributed by atoms with Crippen molar-refractivity contribution in [1.82, 2.24) is 0 Å². The Morgan fingerprint density at radius 2 is 2.07 bits per heavy atom. The summed E-state index contributed by atoms with van der Waals surface area (Å²) in [6, 6.07) is 8.60. The third-order valence-electron chi connectivity index (χ3n) is 1.89. The molecule has 0 aliphatic carbocycles. The Morgan fingerprint density at radius 3 is 2.67 bits per heavy atom. The topological polar surface area (TPSA) is 38.4 Å². The smallest absolute Gasteiger partial charge is 0.104 e. The number of nitrogens with zero attached hydrogens (tertiary/aromatic N) is 1. The molecule has 0 amide bonds. The van der Waals surface area contributed by atoms with E-state index in [2.05, 4.69) is 24.0 Å². The average Bonchev–Trinajstić information content (AvgIpc) is 2.15. The van der Waals surface area contributed by atoms with Gasteiger partial charge in [-0.15, -0.1) is 11.8 Å². The summed E-state index contributed by atoms with van der Waals surface area (Å²) in [7, 11) is 0. The number of hydrogen-bond acceptors (Lipinski definition) is 2. The van der Waals surface area contributed by atoms with Crippen LogP contribution in [0.4, 0.5) is 0 Å². The molecule has 0 aliphatic rings. The zero-order chi connectivity index (χ0) is 11.3. The molecule has 15 heavy (non-hydrogen) atoms. The van der Waals surface area contributed by atoms with Crippen LogP contribution in [0.3, 0.4) is 0 Å².